The highest BCUT2D eigenvalue weighted by molar-refractivity contribution is 6.29. The second-order valence-corrected chi connectivity index (χ2v) is 4.53. The molecule has 1 atom stereocenters. The Morgan fingerprint density at radius 3 is 2.58 bits per heavy atom. The minimum absolute atomic E-state index is 0.279. The first kappa shape index (κ1) is 13.5. The molecule has 0 radical (unpaired) electrons. The van der Waals surface area contributed by atoms with Crippen LogP contribution in [0.1, 0.15) is 17.3 Å². The van der Waals surface area contributed by atoms with Gasteiger partial charge in [-0.1, -0.05) is 41.9 Å². The average Bonchev–Trinajstić information content (AvgIpc) is 2.42. The van der Waals surface area contributed by atoms with Crippen molar-refractivity contribution in [2.45, 2.75) is 13.0 Å². The van der Waals surface area contributed by atoms with E-state index in [0.29, 0.717) is 16.5 Å². The van der Waals surface area contributed by atoms with Gasteiger partial charge in [0.05, 0.1) is 11.4 Å². The number of carbonyl (C=O) groups is 1. The number of nitrogens with two attached hydrogens (primary N) is 1. The van der Waals surface area contributed by atoms with Gasteiger partial charge in [0.25, 0.3) is 0 Å². The average molecular weight is 276 g/mol. The number of aryl methyl sites for hydroxylation is 1. The predicted molar refractivity (Wildman–Crippen MR) is 76.0 cm³/mol. The molecule has 0 aliphatic carbocycles. The van der Waals surface area contributed by atoms with Crippen LogP contribution in [0.2, 0.25) is 5.15 Å². The Morgan fingerprint density at radius 2 is 1.95 bits per heavy atom. The molecule has 1 aromatic carbocycles. The summed E-state index contributed by atoms with van der Waals surface area (Å²) in [5.74, 6) is -0.279. The molecule has 0 unspecified atom stereocenters. The maximum absolute atomic E-state index is 12.1. The fraction of sp³-hybridized carbons (Fsp3) is 0.143. The lowest BCUT2D eigenvalue weighted by molar-refractivity contribution is -0.117. The molecule has 4 nitrogen and oxygen atoms in total. The molecule has 1 amide bonds. The van der Waals surface area contributed by atoms with Gasteiger partial charge < -0.3 is 11.1 Å². The van der Waals surface area contributed by atoms with Crippen molar-refractivity contribution < 1.29 is 4.79 Å². The van der Waals surface area contributed by atoms with Crippen LogP contribution in [-0.2, 0) is 4.79 Å². The van der Waals surface area contributed by atoms with E-state index < -0.39 is 6.04 Å². The Morgan fingerprint density at radius 1 is 1.26 bits per heavy atom. The normalized spacial score (nSPS) is 11.9. The van der Waals surface area contributed by atoms with Crippen LogP contribution in [0.5, 0.6) is 0 Å². The first-order chi connectivity index (χ1) is 9.08. The summed E-state index contributed by atoms with van der Waals surface area (Å²) in [6, 6.07) is 11.8. The first-order valence-electron chi connectivity index (χ1n) is 5.82. The van der Waals surface area contributed by atoms with Crippen molar-refractivity contribution in [2.75, 3.05) is 5.32 Å². The number of nitrogens with one attached hydrogen (secondary N) is 1. The van der Waals surface area contributed by atoms with E-state index >= 15 is 0 Å². The first-order valence-corrected chi connectivity index (χ1v) is 6.20. The third-order valence-corrected chi connectivity index (χ3v) is 2.96. The van der Waals surface area contributed by atoms with Gasteiger partial charge in [0.15, 0.2) is 0 Å². The van der Waals surface area contributed by atoms with Crippen LogP contribution in [0.25, 0.3) is 0 Å². The maximum Gasteiger partial charge on any atom is 0.245 e. The highest BCUT2D eigenvalue weighted by atomic mass is 35.5. The number of hydrogen-bond donors (Lipinski definition) is 2. The zero-order valence-electron chi connectivity index (χ0n) is 10.4. The number of halogens is 1. The summed E-state index contributed by atoms with van der Waals surface area (Å²) < 4.78 is 0. The van der Waals surface area contributed by atoms with E-state index in [2.05, 4.69) is 10.3 Å². The highest BCUT2D eigenvalue weighted by Gasteiger charge is 2.16. The number of benzene rings is 1. The number of anilines is 1. The molecule has 2 aromatic rings. The zero-order chi connectivity index (χ0) is 13.8. The number of rotatable bonds is 3. The van der Waals surface area contributed by atoms with E-state index in [4.69, 9.17) is 17.3 Å². The molecule has 0 saturated carbocycles. The number of aromatic nitrogens is 1. The molecule has 5 heteroatoms. The summed E-state index contributed by atoms with van der Waals surface area (Å²) in [6.07, 6.45) is 0. The summed E-state index contributed by atoms with van der Waals surface area (Å²) in [4.78, 5) is 16.1. The van der Waals surface area contributed by atoms with Gasteiger partial charge in [0.2, 0.25) is 5.91 Å². The second-order valence-electron chi connectivity index (χ2n) is 4.14. The summed E-state index contributed by atoms with van der Waals surface area (Å²) in [5, 5.41) is 3.14. The summed E-state index contributed by atoms with van der Waals surface area (Å²) in [7, 11) is 0. The van der Waals surface area contributed by atoms with Crippen LogP contribution in [0, 0.1) is 6.92 Å². The van der Waals surface area contributed by atoms with Crippen LogP contribution in [0.4, 0.5) is 5.69 Å². The van der Waals surface area contributed by atoms with Crippen molar-refractivity contribution in [3.05, 3.63) is 58.9 Å². The van der Waals surface area contributed by atoms with Crippen LogP contribution < -0.4 is 11.1 Å². The van der Waals surface area contributed by atoms with Crippen molar-refractivity contribution in [3.63, 3.8) is 0 Å². The SMILES string of the molecule is Cc1nc(Cl)ccc1NC(=O)[C@@H](N)c1ccccc1. The monoisotopic (exact) mass is 275 g/mol. The van der Waals surface area contributed by atoms with E-state index in [-0.39, 0.29) is 5.91 Å². The lowest BCUT2D eigenvalue weighted by Gasteiger charge is -2.13. The van der Waals surface area contributed by atoms with Gasteiger partial charge in [-0.2, -0.15) is 0 Å². The van der Waals surface area contributed by atoms with Crippen LogP contribution in [0.15, 0.2) is 42.5 Å². The molecule has 1 aromatic heterocycles. The number of hydrogen-bond acceptors (Lipinski definition) is 3. The highest BCUT2D eigenvalue weighted by Crippen LogP contribution is 2.18. The van der Waals surface area contributed by atoms with Crippen LogP contribution in [0.3, 0.4) is 0 Å². The number of amides is 1. The molecule has 0 bridgehead atoms. The topological polar surface area (TPSA) is 68.0 Å². The summed E-state index contributed by atoms with van der Waals surface area (Å²) >= 11 is 5.76. The fourth-order valence-corrected chi connectivity index (χ4v) is 1.87. The summed E-state index contributed by atoms with van der Waals surface area (Å²) in [6.45, 7) is 1.77. The van der Waals surface area contributed by atoms with Gasteiger partial charge in [-0.05, 0) is 24.6 Å². The van der Waals surface area contributed by atoms with Gasteiger partial charge in [0, 0.05) is 0 Å². The van der Waals surface area contributed by atoms with Gasteiger partial charge in [-0.25, -0.2) is 4.98 Å². The minimum atomic E-state index is -0.712. The zero-order valence-corrected chi connectivity index (χ0v) is 11.2. The lowest BCUT2D eigenvalue weighted by atomic mass is 10.1. The molecule has 0 aliphatic heterocycles. The molecule has 0 spiro atoms. The van der Waals surface area contributed by atoms with Gasteiger partial charge in [-0.3, -0.25) is 4.79 Å². The van der Waals surface area contributed by atoms with E-state index in [0.717, 1.165) is 5.56 Å². The van der Waals surface area contributed by atoms with Crippen molar-refractivity contribution in [3.8, 4) is 0 Å². The minimum Gasteiger partial charge on any atom is -0.323 e. The Hall–Kier alpha value is -1.91. The Kier molecular flexibility index (Phi) is 4.14. The van der Waals surface area contributed by atoms with Gasteiger partial charge >= 0.3 is 0 Å². The van der Waals surface area contributed by atoms with Crippen molar-refractivity contribution in [2.24, 2.45) is 5.73 Å². The molecule has 0 fully saturated rings. The van der Waals surface area contributed by atoms with Gasteiger partial charge in [0.1, 0.15) is 11.2 Å². The Balaban J connectivity index is 2.13. The van der Waals surface area contributed by atoms with E-state index in [1.54, 1.807) is 19.1 Å². The van der Waals surface area contributed by atoms with E-state index in [1.807, 2.05) is 30.3 Å². The molecule has 1 heterocycles. The molecule has 98 valence electrons. The smallest absolute Gasteiger partial charge is 0.245 e. The molecule has 3 N–H and O–H groups in total. The summed E-state index contributed by atoms with van der Waals surface area (Å²) in [5.41, 5.74) is 7.94. The molecule has 0 aliphatic rings. The van der Waals surface area contributed by atoms with Crippen molar-refractivity contribution in [1.82, 2.24) is 4.98 Å². The predicted octanol–water partition coefficient (Wildman–Crippen LogP) is 2.68. The molecule has 0 saturated heterocycles. The van der Waals surface area contributed by atoms with Crippen LogP contribution in [-0.4, -0.2) is 10.9 Å². The van der Waals surface area contributed by atoms with Crippen molar-refractivity contribution >= 4 is 23.2 Å². The number of carbonyl (C=O) groups excluding carboxylic acids is 1. The molecular weight excluding hydrogens is 262 g/mol. The quantitative estimate of drug-likeness (QED) is 0.846. The molecule has 2 rings (SSSR count). The molecule has 19 heavy (non-hydrogen) atoms. The van der Waals surface area contributed by atoms with Crippen LogP contribution >= 0.6 is 11.6 Å². The Bertz CT molecular complexity index is 586. The van der Waals surface area contributed by atoms with Crippen molar-refractivity contribution in [1.29, 1.82) is 0 Å². The molecular formula is C14H14ClN3O. The Labute approximate surface area is 116 Å². The standard InChI is InChI=1S/C14H14ClN3O/c1-9-11(7-8-12(15)17-9)18-14(19)13(16)10-5-3-2-4-6-10/h2-8,13H,16H2,1H3,(H,18,19)/t13-/m0/s1. The largest absolute Gasteiger partial charge is 0.323 e. The second kappa shape index (κ2) is 5.82. The van der Waals surface area contributed by atoms with E-state index in [9.17, 15) is 4.79 Å². The lowest BCUT2D eigenvalue weighted by Crippen LogP contribution is -2.28. The number of pyridine rings is 1. The fourth-order valence-electron chi connectivity index (χ4n) is 1.68. The third-order valence-electron chi connectivity index (χ3n) is 2.75. The number of nitrogens with zero attached hydrogens (tertiary/aromatic N) is 1. The van der Waals surface area contributed by atoms with E-state index in [1.165, 1.54) is 0 Å². The van der Waals surface area contributed by atoms with Gasteiger partial charge in [-0.15, -0.1) is 0 Å². The third kappa shape index (κ3) is 3.30. The maximum atomic E-state index is 12.1.